The number of urea groups is 1. The van der Waals surface area contributed by atoms with Gasteiger partial charge in [0.05, 0.1) is 18.4 Å². The van der Waals surface area contributed by atoms with Crippen LogP contribution in [0.25, 0.3) is 0 Å². The number of amides is 2. The topological polar surface area (TPSA) is 35.9 Å². The SMILES string of the molecule is CN1N=Cc2ccccc2N(Cc2ccccc2)C1=O. The molecule has 20 heavy (non-hydrogen) atoms. The first-order valence-electron chi connectivity index (χ1n) is 6.48. The standard InChI is InChI=1S/C16H15N3O/c1-18-16(20)19(12-13-7-3-2-4-8-13)15-10-6-5-9-14(15)11-17-18/h2-11H,12H2,1H3. The molecular weight excluding hydrogens is 250 g/mol. The van der Waals surface area contributed by atoms with Crippen molar-refractivity contribution >= 4 is 17.9 Å². The highest BCUT2D eigenvalue weighted by Gasteiger charge is 2.23. The lowest BCUT2D eigenvalue weighted by Crippen LogP contribution is -2.37. The molecule has 1 aliphatic rings. The highest BCUT2D eigenvalue weighted by atomic mass is 16.2. The van der Waals surface area contributed by atoms with Crippen molar-refractivity contribution < 1.29 is 4.79 Å². The average Bonchev–Trinajstić information content (AvgIpc) is 2.61. The Bertz CT molecular complexity index is 652. The van der Waals surface area contributed by atoms with E-state index in [0.29, 0.717) is 6.54 Å². The van der Waals surface area contributed by atoms with Gasteiger partial charge in [-0.15, -0.1) is 0 Å². The molecule has 100 valence electrons. The van der Waals surface area contributed by atoms with E-state index in [2.05, 4.69) is 5.10 Å². The molecule has 0 N–H and O–H groups in total. The number of fused-ring (bicyclic) bond motifs is 1. The van der Waals surface area contributed by atoms with Gasteiger partial charge in [0.1, 0.15) is 0 Å². The fourth-order valence-electron chi connectivity index (χ4n) is 2.24. The Balaban J connectivity index is 2.01. The fourth-order valence-corrected chi connectivity index (χ4v) is 2.24. The number of para-hydroxylation sites is 1. The predicted molar refractivity (Wildman–Crippen MR) is 79.8 cm³/mol. The van der Waals surface area contributed by atoms with Crippen molar-refractivity contribution in [3.63, 3.8) is 0 Å². The zero-order chi connectivity index (χ0) is 13.9. The number of carbonyl (C=O) groups is 1. The molecule has 4 heteroatoms. The Hall–Kier alpha value is -2.62. The van der Waals surface area contributed by atoms with Gasteiger partial charge in [-0.05, 0) is 11.6 Å². The van der Waals surface area contributed by atoms with Crippen LogP contribution in [0.5, 0.6) is 0 Å². The molecule has 0 radical (unpaired) electrons. The average molecular weight is 265 g/mol. The number of nitrogens with zero attached hydrogens (tertiary/aromatic N) is 3. The van der Waals surface area contributed by atoms with Crippen LogP contribution in [0, 0.1) is 0 Å². The molecule has 0 saturated heterocycles. The Morgan fingerprint density at radius 1 is 1.00 bits per heavy atom. The Morgan fingerprint density at radius 2 is 1.70 bits per heavy atom. The molecule has 2 aromatic rings. The molecule has 0 aliphatic carbocycles. The van der Waals surface area contributed by atoms with Crippen LogP contribution in [0.2, 0.25) is 0 Å². The molecule has 1 heterocycles. The summed E-state index contributed by atoms with van der Waals surface area (Å²) in [5, 5.41) is 5.52. The van der Waals surface area contributed by atoms with Gasteiger partial charge in [-0.1, -0.05) is 48.5 Å². The zero-order valence-corrected chi connectivity index (χ0v) is 11.2. The Labute approximate surface area is 117 Å². The lowest BCUT2D eigenvalue weighted by atomic mass is 10.1. The van der Waals surface area contributed by atoms with Crippen LogP contribution in [0.4, 0.5) is 10.5 Å². The molecular formula is C16H15N3O. The third-order valence-corrected chi connectivity index (χ3v) is 3.29. The lowest BCUT2D eigenvalue weighted by molar-refractivity contribution is 0.217. The van der Waals surface area contributed by atoms with E-state index < -0.39 is 0 Å². The molecule has 1 aliphatic heterocycles. The molecule has 0 saturated carbocycles. The van der Waals surface area contributed by atoms with Gasteiger partial charge in [0.2, 0.25) is 0 Å². The fraction of sp³-hybridized carbons (Fsp3) is 0.125. The van der Waals surface area contributed by atoms with Gasteiger partial charge in [0.25, 0.3) is 0 Å². The molecule has 0 fully saturated rings. The van der Waals surface area contributed by atoms with Gasteiger partial charge in [-0.25, -0.2) is 9.80 Å². The number of hydrogen-bond donors (Lipinski definition) is 0. The number of anilines is 1. The Morgan fingerprint density at radius 3 is 2.50 bits per heavy atom. The summed E-state index contributed by atoms with van der Waals surface area (Å²) in [7, 11) is 1.67. The van der Waals surface area contributed by atoms with Crippen molar-refractivity contribution in [3.05, 3.63) is 65.7 Å². The smallest absolute Gasteiger partial charge is 0.288 e. The minimum atomic E-state index is -0.130. The van der Waals surface area contributed by atoms with Gasteiger partial charge in [-0.3, -0.25) is 4.90 Å². The third-order valence-electron chi connectivity index (χ3n) is 3.29. The van der Waals surface area contributed by atoms with Gasteiger partial charge >= 0.3 is 6.03 Å². The maximum atomic E-state index is 12.5. The highest BCUT2D eigenvalue weighted by molar-refractivity contribution is 6.00. The van der Waals surface area contributed by atoms with Gasteiger partial charge in [0.15, 0.2) is 0 Å². The largest absolute Gasteiger partial charge is 0.344 e. The van der Waals surface area contributed by atoms with E-state index in [-0.39, 0.29) is 6.03 Å². The first-order valence-corrected chi connectivity index (χ1v) is 6.48. The van der Waals surface area contributed by atoms with Crippen LogP contribution in [-0.2, 0) is 6.54 Å². The summed E-state index contributed by atoms with van der Waals surface area (Å²) >= 11 is 0. The van der Waals surface area contributed by atoms with Crippen LogP contribution < -0.4 is 4.90 Å². The van der Waals surface area contributed by atoms with E-state index in [1.54, 1.807) is 18.2 Å². The van der Waals surface area contributed by atoms with Crippen molar-refractivity contribution in [1.29, 1.82) is 0 Å². The van der Waals surface area contributed by atoms with Gasteiger partial charge in [0, 0.05) is 12.6 Å². The molecule has 0 bridgehead atoms. The van der Waals surface area contributed by atoms with Crippen molar-refractivity contribution in [2.75, 3.05) is 11.9 Å². The van der Waals surface area contributed by atoms with E-state index >= 15 is 0 Å². The monoisotopic (exact) mass is 265 g/mol. The molecule has 0 unspecified atom stereocenters. The first kappa shape index (κ1) is 12.4. The maximum Gasteiger partial charge on any atom is 0.344 e. The second kappa shape index (κ2) is 5.17. The number of carbonyl (C=O) groups excluding carboxylic acids is 1. The van der Waals surface area contributed by atoms with E-state index in [4.69, 9.17) is 0 Å². The first-order chi connectivity index (χ1) is 9.75. The van der Waals surface area contributed by atoms with Crippen molar-refractivity contribution in [1.82, 2.24) is 5.01 Å². The minimum Gasteiger partial charge on any atom is -0.288 e. The van der Waals surface area contributed by atoms with Crippen molar-refractivity contribution in [2.24, 2.45) is 5.10 Å². The van der Waals surface area contributed by atoms with E-state index in [1.807, 2.05) is 54.6 Å². The molecule has 0 atom stereocenters. The molecule has 4 nitrogen and oxygen atoms in total. The van der Waals surface area contributed by atoms with E-state index in [1.165, 1.54) is 5.01 Å². The third kappa shape index (κ3) is 2.28. The quantitative estimate of drug-likeness (QED) is 0.822. The second-order valence-corrected chi connectivity index (χ2v) is 4.68. The van der Waals surface area contributed by atoms with Crippen molar-refractivity contribution in [2.45, 2.75) is 6.54 Å². The molecule has 0 spiro atoms. The molecule has 3 rings (SSSR count). The lowest BCUT2D eigenvalue weighted by Gasteiger charge is -2.24. The van der Waals surface area contributed by atoms with Crippen LogP contribution in [0.15, 0.2) is 59.7 Å². The summed E-state index contributed by atoms with van der Waals surface area (Å²) in [6, 6.07) is 17.6. The minimum absolute atomic E-state index is 0.130. The summed E-state index contributed by atoms with van der Waals surface area (Å²) in [5.41, 5.74) is 2.92. The van der Waals surface area contributed by atoms with Crippen LogP contribution in [0.1, 0.15) is 11.1 Å². The number of hydrogen-bond acceptors (Lipinski definition) is 2. The normalized spacial score (nSPS) is 14.2. The molecule has 0 aromatic heterocycles. The van der Waals surface area contributed by atoms with Gasteiger partial charge < -0.3 is 0 Å². The van der Waals surface area contributed by atoms with Crippen LogP contribution in [0.3, 0.4) is 0 Å². The summed E-state index contributed by atoms with van der Waals surface area (Å²) < 4.78 is 0. The predicted octanol–water partition coefficient (Wildman–Crippen LogP) is 3.09. The van der Waals surface area contributed by atoms with E-state index in [9.17, 15) is 4.79 Å². The zero-order valence-electron chi connectivity index (χ0n) is 11.2. The van der Waals surface area contributed by atoms with Crippen LogP contribution in [-0.4, -0.2) is 24.3 Å². The van der Waals surface area contributed by atoms with Crippen LogP contribution >= 0.6 is 0 Å². The molecule has 2 aromatic carbocycles. The summed E-state index contributed by atoms with van der Waals surface area (Å²) in [5.74, 6) is 0. The van der Waals surface area contributed by atoms with Crippen molar-refractivity contribution in [3.8, 4) is 0 Å². The molecule has 2 amide bonds. The Kier molecular flexibility index (Phi) is 3.21. The van der Waals surface area contributed by atoms with Gasteiger partial charge in [-0.2, -0.15) is 5.10 Å². The highest BCUT2D eigenvalue weighted by Crippen LogP contribution is 2.24. The maximum absolute atomic E-state index is 12.5. The summed E-state index contributed by atoms with van der Waals surface area (Å²) in [6.45, 7) is 0.532. The summed E-state index contributed by atoms with van der Waals surface area (Å²) in [6.07, 6.45) is 1.72. The van der Waals surface area contributed by atoms with E-state index in [0.717, 1.165) is 16.8 Å². The number of benzene rings is 2. The number of rotatable bonds is 2. The summed E-state index contributed by atoms with van der Waals surface area (Å²) in [4.78, 5) is 14.2. The second-order valence-electron chi connectivity index (χ2n) is 4.68. The number of hydrazone groups is 1.